The Morgan fingerprint density at radius 2 is 1.67 bits per heavy atom. The number of hydrogen-bond donors (Lipinski definition) is 0. The lowest BCUT2D eigenvalue weighted by molar-refractivity contribution is -0.139. The molecule has 0 N–H and O–H groups in total. The fraction of sp³-hybridized carbons (Fsp3) is 0.579. The highest BCUT2D eigenvalue weighted by Crippen LogP contribution is 2.21. The lowest BCUT2D eigenvalue weighted by atomic mass is 10.1. The van der Waals surface area contributed by atoms with Gasteiger partial charge in [0.1, 0.15) is 5.75 Å². The minimum atomic E-state index is 0.0925. The van der Waals surface area contributed by atoms with E-state index in [-0.39, 0.29) is 11.8 Å². The average molecular weight is 332 g/mol. The van der Waals surface area contributed by atoms with Crippen LogP contribution in [0.4, 0.5) is 0 Å². The number of benzene rings is 1. The number of carbonyl (C=O) groups is 2. The second-order valence-electron chi connectivity index (χ2n) is 6.85. The van der Waals surface area contributed by atoms with Gasteiger partial charge >= 0.3 is 0 Å². The first kappa shape index (κ1) is 18.3. The summed E-state index contributed by atoms with van der Waals surface area (Å²) in [5, 5.41) is 0. The molecule has 1 saturated heterocycles. The highest BCUT2D eigenvalue weighted by Gasteiger charge is 2.24. The summed E-state index contributed by atoms with van der Waals surface area (Å²) in [5.74, 6) is 1.40. The van der Waals surface area contributed by atoms with Crippen molar-refractivity contribution in [3.8, 4) is 5.75 Å². The third-order valence-corrected chi connectivity index (χ3v) is 4.35. The molecule has 132 valence electrons. The Kier molecular flexibility index (Phi) is 6.23. The van der Waals surface area contributed by atoms with Crippen LogP contribution in [0.25, 0.3) is 0 Å². The minimum Gasteiger partial charge on any atom is -0.496 e. The molecule has 1 fully saturated rings. The van der Waals surface area contributed by atoms with Gasteiger partial charge in [-0.25, -0.2) is 0 Å². The molecule has 2 rings (SSSR count). The fourth-order valence-electron chi connectivity index (χ4n) is 3.00. The Morgan fingerprint density at radius 1 is 1.08 bits per heavy atom. The van der Waals surface area contributed by atoms with E-state index in [4.69, 9.17) is 4.74 Å². The second kappa shape index (κ2) is 8.18. The number of rotatable bonds is 5. The van der Waals surface area contributed by atoms with Crippen LogP contribution < -0.4 is 4.74 Å². The maximum atomic E-state index is 12.6. The predicted molar refractivity (Wildman–Crippen MR) is 94.1 cm³/mol. The summed E-state index contributed by atoms with van der Waals surface area (Å²) >= 11 is 0. The molecule has 0 spiro atoms. The zero-order chi connectivity index (χ0) is 17.7. The van der Waals surface area contributed by atoms with E-state index in [1.165, 1.54) is 0 Å². The maximum absolute atomic E-state index is 12.6. The van der Waals surface area contributed by atoms with Gasteiger partial charge in [-0.05, 0) is 18.9 Å². The SMILES string of the molecule is COc1ccc(C)cc1CC(=O)N1CCN(C(=O)CC(C)C)CC1. The van der Waals surface area contributed by atoms with E-state index in [1.807, 2.05) is 48.8 Å². The van der Waals surface area contributed by atoms with Crippen LogP contribution in [0.2, 0.25) is 0 Å². The molecule has 1 aliphatic heterocycles. The molecule has 0 saturated carbocycles. The van der Waals surface area contributed by atoms with Gasteiger partial charge in [-0.3, -0.25) is 9.59 Å². The fourth-order valence-corrected chi connectivity index (χ4v) is 3.00. The van der Waals surface area contributed by atoms with Gasteiger partial charge in [0.25, 0.3) is 0 Å². The molecule has 1 heterocycles. The van der Waals surface area contributed by atoms with Crippen molar-refractivity contribution in [1.29, 1.82) is 0 Å². The number of aryl methyl sites for hydroxylation is 1. The Hall–Kier alpha value is -2.04. The van der Waals surface area contributed by atoms with E-state index >= 15 is 0 Å². The number of hydrogen-bond acceptors (Lipinski definition) is 3. The molecule has 5 heteroatoms. The van der Waals surface area contributed by atoms with E-state index in [0.29, 0.717) is 44.9 Å². The van der Waals surface area contributed by atoms with Gasteiger partial charge in [0.15, 0.2) is 0 Å². The van der Waals surface area contributed by atoms with Crippen LogP contribution in [0, 0.1) is 12.8 Å². The van der Waals surface area contributed by atoms with Gasteiger partial charge in [0.05, 0.1) is 13.5 Å². The summed E-state index contributed by atoms with van der Waals surface area (Å²) in [4.78, 5) is 28.4. The summed E-state index contributed by atoms with van der Waals surface area (Å²) in [6.07, 6.45) is 0.916. The van der Waals surface area contributed by atoms with E-state index in [2.05, 4.69) is 0 Å². The van der Waals surface area contributed by atoms with Crippen molar-refractivity contribution in [2.24, 2.45) is 5.92 Å². The third-order valence-electron chi connectivity index (χ3n) is 4.35. The molecule has 5 nitrogen and oxygen atoms in total. The van der Waals surface area contributed by atoms with Gasteiger partial charge in [-0.15, -0.1) is 0 Å². The third kappa shape index (κ3) is 4.73. The topological polar surface area (TPSA) is 49.9 Å². The van der Waals surface area contributed by atoms with Crippen molar-refractivity contribution >= 4 is 11.8 Å². The molecule has 0 aliphatic carbocycles. The molecular formula is C19H28N2O3. The first-order valence-corrected chi connectivity index (χ1v) is 8.59. The molecule has 0 aromatic heterocycles. The number of carbonyl (C=O) groups excluding carboxylic acids is 2. The highest BCUT2D eigenvalue weighted by molar-refractivity contribution is 5.80. The van der Waals surface area contributed by atoms with Gasteiger partial charge in [-0.2, -0.15) is 0 Å². The normalized spacial score (nSPS) is 14.9. The van der Waals surface area contributed by atoms with Gasteiger partial charge in [0, 0.05) is 38.2 Å². The summed E-state index contributed by atoms with van der Waals surface area (Å²) in [6.45, 7) is 8.57. The first-order valence-electron chi connectivity index (χ1n) is 8.59. The molecule has 0 unspecified atom stereocenters. The van der Waals surface area contributed by atoms with E-state index in [0.717, 1.165) is 16.9 Å². The van der Waals surface area contributed by atoms with Crippen LogP contribution in [-0.4, -0.2) is 54.9 Å². The number of ether oxygens (including phenoxy) is 1. The molecule has 0 bridgehead atoms. The minimum absolute atomic E-state index is 0.0925. The largest absolute Gasteiger partial charge is 0.496 e. The van der Waals surface area contributed by atoms with Crippen LogP contribution in [0.3, 0.4) is 0 Å². The quantitative estimate of drug-likeness (QED) is 0.831. The van der Waals surface area contributed by atoms with Gasteiger partial charge in [0.2, 0.25) is 11.8 Å². The van der Waals surface area contributed by atoms with Gasteiger partial charge < -0.3 is 14.5 Å². The number of methoxy groups -OCH3 is 1. The van der Waals surface area contributed by atoms with Crippen LogP contribution in [0.1, 0.15) is 31.4 Å². The highest BCUT2D eigenvalue weighted by atomic mass is 16.5. The van der Waals surface area contributed by atoms with Crippen molar-refractivity contribution in [3.63, 3.8) is 0 Å². The van der Waals surface area contributed by atoms with Crippen molar-refractivity contribution < 1.29 is 14.3 Å². The zero-order valence-corrected chi connectivity index (χ0v) is 15.2. The molecule has 1 aromatic carbocycles. The summed E-state index contributed by atoms with van der Waals surface area (Å²) in [7, 11) is 1.62. The first-order chi connectivity index (χ1) is 11.4. The predicted octanol–water partition coefficient (Wildman–Crippen LogP) is 2.26. The van der Waals surface area contributed by atoms with Crippen molar-refractivity contribution in [1.82, 2.24) is 9.80 Å². The van der Waals surface area contributed by atoms with Crippen molar-refractivity contribution in [2.45, 2.75) is 33.6 Å². The van der Waals surface area contributed by atoms with Crippen LogP contribution in [0.15, 0.2) is 18.2 Å². The second-order valence-corrected chi connectivity index (χ2v) is 6.85. The standard InChI is InChI=1S/C19H28N2O3/c1-14(2)11-18(22)20-7-9-21(10-8-20)19(23)13-16-12-15(3)5-6-17(16)24-4/h5-6,12,14H,7-11,13H2,1-4H3. The molecule has 2 amide bonds. The maximum Gasteiger partial charge on any atom is 0.227 e. The zero-order valence-electron chi connectivity index (χ0n) is 15.2. The van der Waals surface area contributed by atoms with Crippen molar-refractivity contribution in [3.05, 3.63) is 29.3 Å². The van der Waals surface area contributed by atoms with E-state index in [1.54, 1.807) is 7.11 Å². The average Bonchev–Trinajstić information content (AvgIpc) is 2.54. The molecule has 1 aliphatic rings. The van der Waals surface area contributed by atoms with Gasteiger partial charge in [-0.1, -0.05) is 31.5 Å². The Labute approximate surface area is 144 Å². The molecule has 24 heavy (non-hydrogen) atoms. The van der Waals surface area contributed by atoms with Crippen molar-refractivity contribution in [2.75, 3.05) is 33.3 Å². The summed E-state index contributed by atoms with van der Waals surface area (Å²) < 4.78 is 5.35. The van der Waals surface area contributed by atoms with Crippen LogP contribution in [0.5, 0.6) is 5.75 Å². The molecule has 1 aromatic rings. The summed E-state index contributed by atoms with van der Waals surface area (Å²) in [6, 6.07) is 5.88. The van der Waals surface area contributed by atoms with E-state index in [9.17, 15) is 9.59 Å². The Bertz CT molecular complexity index is 590. The Balaban J connectivity index is 1.91. The molecule has 0 atom stereocenters. The van der Waals surface area contributed by atoms with Crippen LogP contribution in [-0.2, 0) is 16.0 Å². The smallest absolute Gasteiger partial charge is 0.227 e. The van der Waals surface area contributed by atoms with E-state index < -0.39 is 0 Å². The number of amides is 2. The lowest BCUT2D eigenvalue weighted by Crippen LogP contribution is -2.51. The Morgan fingerprint density at radius 3 is 2.21 bits per heavy atom. The number of nitrogens with zero attached hydrogens (tertiary/aromatic N) is 2. The monoisotopic (exact) mass is 332 g/mol. The molecule has 0 radical (unpaired) electrons. The summed E-state index contributed by atoms with van der Waals surface area (Å²) in [5.41, 5.74) is 2.03. The van der Waals surface area contributed by atoms with Crippen LogP contribution >= 0.6 is 0 Å². The number of piperazine rings is 1. The lowest BCUT2D eigenvalue weighted by Gasteiger charge is -2.35. The molecular weight excluding hydrogens is 304 g/mol.